The summed E-state index contributed by atoms with van der Waals surface area (Å²) in [6, 6.07) is 12.5. The molecule has 2 atom stereocenters. The van der Waals surface area contributed by atoms with Gasteiger partial charge in [0.2, 0.25) is 0 Å². The number of halogens is 1. The molecule has 0 saturated carbocycles. The Bertz CT molecular complexity index is 837. The maximum Gasteiger partial charge on any atom is 0.0759 e. The fourth-order valence-electron chi connectivity index (χ4n) is 3.34. The van der Waals surface area contributed by atoms with Gasteiger partial charge in [0.1, 0.15) is 0 Å². The van der Waals surface area contributed by atoms with E-state index in [1.807, 2.05) is 17.5 Å². The van der Waals surface area contributed by atoms with Crippen LogP contribution in [0.15, 0.2) is 48.0 Å². The SMILES string of the molecule is Clc1cccnc1C1CCCC(c2cccc(Cc3ccsn3)n2)N1. The Morgan fingerprint density at radius 2 is 2.00 bits per heavy atom. The fourth-order valence-corrected chi connectivity index (χ4v) is 4.14. The number of nitrogens with one attached hydrogen (secondary N) is 1. The van der Waals surface area contributed by atoms with E-state index in [-0.39, 0.29) is 12.1 Å². The Hall–Kier alpha value is -1.82. The first-order chi connectivity index (χ1) is 12.3. The zero-order valence-electron chi connectivity index (χ0n) is 13.7. The quantitative estimate of drug-likeness (QED) is 0.721. The van der Waals surface area contributed by atoms with Crippen LogP contribution in [-0.2, 0) is 6.42 Å². The van der Waals surface area contributed by atoms with Gasteiger partial charge in [0.05, 0.1) is 28.1 Å². The minimum absolute atomic E-state index is 0.177. The van der Waals surface area contributed by atoms with Crippen molar-refractivity contribution in [1.82, 2.24) is 19.7 Å². The average Bonchev–Trinajstić information content (AvgIpc) is 3.15. The van der Waals surface area contributed by atoms with E-state index in [1.54, 1.807) is 6.20 Å². The molecule has 4 nitrogen and oxygen atoms in total. The van der Waals surface area contributed by atoms with Crippen molar-refractivity contribution in [3.05, 3.63) is 75.8 Å². The highest BCUT2D eigenvalue weighted by Gasteiger charge is 2.26. The van der Waals surface area contributed by atoms with E-state index in [2.05, 4.69) is 38.9 Å². The molecule has 4 heterocycles. The lowest BCUT2D eigenvalue weighted by atomic mass is 9.94. The summed E-state index contributed by atoms with van der Waals surface area (Å²) >= 11 is 7.81. The molecule has 0 amide bonds. The zero-order valence-corrected chi connectivity index (χ0v) is 15.3. The second-order valence-electron chi connectivity index (χ2n) is 6.29. The van der Waals surface area contributed by atoms with Gasteiger partial charge < -0.3 is 5.32 Å². The van der Waals surface area contributed by atoms with Crippen molar-refractivity contribution in [2.24, 2.45) is 0 Å². The molecular weight excluding hydrogens is 352 g/mol. The number of pyridine rings is 2. The van der Waals surface area contributed by atoms with Gasteiger partial charge in [0.15, 0.2) is 0 Å². The molecule has 1 N–H and O–H groups in total. The Morgan fingerprint density at radius 1 is 1.08 bits per heavy atom. The van der Waals surface area contributed by atoms with Crippen LogP contribution in [0.25, 0.3) is 0 Å². The van der Waals surface area contributed by atoms with Gasteiger partial charge in [-0.25, -0.2) is 0 Å². The third-order valence-electron chi connectivity index (χ3n) is 4.54. The highest BCUT2D eigenvalue weighted by Crippen LogP contribution is 2.33. The van der Waals surface area contributed by atoms with Gasteiger partial charge in [-0.3, -0.25) is 9.97 Å². The van der Waals surface area contributed by atoms with Crippen LogP contribution < -0.4 is 5.32 Å². The summed E-state index contributed by atoms with van der Waals surface area (Å²) in [5.74, 6) is 0. The maximum absolute atomic E-state index is 6.33. The Balaban J connectivity index is 1.52. The van der Waals surface area contributed by atoms with Crippen LogP contribution in [0.3, 0.4) is 0 Å². The molecule has 1 saturated heterocycles. The second kappa shape index (κ2) is 7.60. The average molecular weight is 371 g/mol. The smallest absolute Gasteiger partial charge is 0.0759 e. The Kier molecular flexibility index (Phi) is 5.06. The lowest BCUT2D eigenvalue weighted by Crippen LogP contribution is -2.32. The monoisotopic (exact) mass is 370 g/mol. The summed E-state index contributed by atoms with van der Waals surface area (Å²) in [6.07, 6.45) is 5.84. The molecule has 6 heteroatoms. The molecule has 0 radical (unpaired) electrons. The summed E-state index contributed by atoms with van der Waals surface area (Å²) in [4.78, 5) is 9.35. The summed E-state index contributed by atoms with van der Waals surface area (Å²) < 4.78 is 4.38. The van der Waals surface area contributed by atoms with Crippen molar-refractivity contribution in [1.29, 1.82) is 0 Å². The third kappa shape index (κ3) is 3.89. The van der Waals surface area contributed by atoms with Crippen molar-refractivity contribution in [3.63, 3.8) is 0 Å². The minimum Gasteiger partial charge on any atom is -0.300 e. The minimum atomic E-state index is 0.177. The standard InChI is InChI=1S/C19H19ClN4S/c20-15-5-3-10-21-19(15)18-8-2-7-17(23-18)16-6-1-4-13(22-16)12-14-9-11-25-24-14/h1,3-6,9-11,17-18,23H,2,7-8,12H2. The van der Waals surface area contributed by atoms with Crippen LogP contribution in [0.2, 0.25) is 5.02 Å². The molecule has 0 bridgehead atoms. The van der Waals surface area contributed by atoms with Gasteiger partial charge >= 0.3 is 0 Å². The van der Waals surface area contributed by atoms with Crippen LogP contribution >= 0.6 is 23.1 Å². The number of hydrogen-bond acceptors (Lipinski definition) is 5. The van der Waals surface area contributed by atoms with E-state index in [4.69, 9.17) is 16.6 Å². The highest BCUT2D eigenvalue weighted by molar-refractivity contribution is 7.03. The van der Waals surface area contributed by atoms with E-state index in [0.29, 0.717) is 0 Å². The molecular formula is C19H19ClN4S. The van der Waals surface area contributed by atoms with E-state index in [0.717, 1.165) is 53.5 Å². The summed E-state index contributed by atoms with van der Waals surface area (Å²) in [5.41, 5.74) is 4.16. The first-order valence-electron chi connectivity index (χ1n) is 8.51. The number of nitrogens with zero attached hydrogens (tertiary/aromatic N) is 3. The van der Waals surface area contributed by atoms with E-state index < -0.39 is 0 Å². The molecule has 128 valence electrons. The van der Waals surface area contributed by atoms with Gasteiger partial charge in [-0.05, 0) is 61.1 Å². The lowest BCUT2D eigenvalue weighted by molar-refractivity contribution is 0.321. The predicted octanol–water partition coefficient (Wildman–Crippen LogP) is 4.73. The molecule has 0 spiro atoms. The predicted molar refractivity (Wildman–Crippen MR) is 101 cm³/mol. The lowest BCUT2D eigenvalue weighted by Gasteiger charge is -2.31. The first kappa shape index (κ1) is 16.6. The molecule has 25 heavy (non-hydrogen) atoms. The highest BCUT2D eigenvalue weighted by atomic mass is 35.5. The molecule has 0 aromatic carbocycles. The Morgan fingerprint density at radius 3 is 2.84 bits per heavy atom. The number of aromatic nitrogens is 3. The number of hydrogen-bond donors (Lipinski definition) is 1. The topological polar surface area (TPSA) is 50.7 Å². The fraction of sp³-hybridized carbons (Fsp3) is 0.316. The van der Waals surface area contributed by atoms with Crippen molar-refractivity contribution < 1.29 is 0 Å². The molecule has 1 aliphatic rings. The maximum atomic E-state index is 6.33. The van der Waals surface area contributed by atoms with E-state index >= 15 is 0 Å². The van der Waals surface area contributed by atoms with Crippen LogP contribution in [0.5, 0.6) is 0 Å². The van der Waals surface area contributed by atoms with Gasteiger partial charge in [-0.1, -0.05) is 17.7 Å². The number of rotatable bonds is 4. The van der Waals surface area contributed by atoms with Crippen LogP contribution in [0.1, 0.15) is 54.1 Å². The van der Waals surface area contributed by atoms with Crippen LogP contribution in [0, 0.1) is 0 Å². The molecule has 0 aliphatic carbocycles. The normalized spacial score (nSPS) is 20.5. The van der Waals surface area contributed by atoms with Gasteiger partial charge in [-0.15, -0.1) is 0 Å². The molecule has 3 aromatic rings. The van der Waals surface area contributed by atoms with Crippen molar-refractivity contribution in [3.8, 4) is 0 Å². The summed E-state index contributed by atoms with van der Waals surface area (Å²) in [5, 5.41) is 6.42. The third-order valence-corrected chi connectivity index (χ3v) is 5.46. The molecule has 4 rings (SSSR count). The molecule has 3 aromatic heterocycles. The van der Waals surface area contributed by atoms with E-state index in [1.165, 1.54) is 11.5 Å². The molecule has 1 aliphatic heterocycles. The summed E-state index contributed by atoms with van der Waals surface area (Å²) in [7, 11) is 0. The van der Waals surface area contributed by atoms with Crippen LogP contribution in [-0.4, -0.2) is 14.3 Å². The van der Waals surface area contributed by atoms with E-state index in [9.17, 15) is 0 Å². The van der Waals surface area contributed by atoms with Crippen molar-refractivity contribution in [2.75, 3.05) is 0 Å². The summed E-state index contributed by atoms with van der Waals surface area (Å²) in [6.45, 7) is 0. The second-order valence-corrected chi connectivity index (χ2v) is 7.37. The van der Waals surface area contributed by atoms with Crippen LogP contribution in [0.4, 0.5) is 0 Å². The number of piperidine rings is 1. The van der Waals surface area contributed by atoms with Gasteiger partial charge in [-0.2, -0.15) is 4.37 Å². The van der Waals surface area contributed by atoms with Gasteiger partial charge in [0, 0.05) is 29.7 Å². The first-order valence-corrected chi connectivity index (χ1v) is 9.72. The molecule has 1 fully saturated rings. The van der Waals surface area contributed by atoms with Gasteiger partial charge in [0.25, 0.3) is 0 Å². The Labute approximate surface area is 156 Å². The molecule has 2 unspecified atom stereocenters. The van der Waals surface area contributed by atoms with Crippen molar-refractivity contribution >= 4 is 23.1 Å². The zero-order chi connectivity index (χ0) is 17.1. The largest absolute Gasteiger partial charge is 0.300 e. The van der Waals surface area contributed by atoms with Crippen molar-refractivity contribution in [2.45, 2.75) is 37.8 Å².